The summed E-state index contributed by atoms with van der Waals surface area (Å²) in [5.41, 5.74) is 5.79. The van der Waals surface area contributed by atoms with Crippen molar-refractivity contribution in [1.82, 2.24) is 4.90 Å². The van der Waals surface area contributed by atoms with Crippen LogP contribution in [0, 0.1) is 11.8 Å². The molecule has 2 rings (SSSR count). The fourth-order valence-electron chi connectivity index (χ4n) is 5.35. The standard InChI is InChI=1S/C23H44N2O3/c1-20(2,3)27-19(26)25-15-16(12-21(25,4)5)10-11-18(24)17-13-22(6,7)28-23(8,9)14-17/h16-18H,10-15,24H2,1-9H3/t16-,18?/m0/s1. The van der Waals surface area contributed by atoms with Crippen molar-refractivity contribution >= 4 is 6.09 Å². The Morgan fingerprint density at radius 1 is 1.11 bits per heavy atom. The van der Waals surface area contributed by atoms with Gasteiger partial charge in [-0.3, -0.25) is 0 Å². The summed E-state index contributed by atoms with van der Waals surface area (Å²) in [6.45, 7) is 19.5. The van der Waals surface area contributed by atoms with Crippen LogP contribution in [-0.4, -0.2) is 45.9 Å². The van der Waals surface area contributed by atoms with Gasteiger partial charge in [-0.25, -0.2) is 4.79 Å². The number of rotatable bonds is 4. The first kappa shape index (κ1) is 23.5. The maximum Gasteiger partial charge on any atom is 0.410 e. The summed E-state index contributed by atoms with van der Waals surface area (Å²) in [7, 11) is 0. The number of carbonyl (C=O) groups excluding carboxylic acids is 1. The molecular formula is C23H44N2O3. The van der Waals surface area contributed by atoms with Gasteiger partial charge in [0.25, 0.3) is 0 Å². The number of ether oxygens (including phenoxy) is 2. The van der Waals surface area contributed by atoms with E-state index < -0.39 is 5.60 Å². The van der Waals surface area contributed by atoms with Crippen LogP contribution in [0.1, 0.15) is 94.4 Å². The van der Waals surface area contributed by atoms with Crippen LogP contribution in [0.25, 0.3) is 0 Å². The van der Waals surface area contributed by atoms with Gasteiger partial charge in [0.1, 0.15) is 5.60 Å². The summed E-state index contributed by atoms with van der Waals surface area (Å²) < 4.78 is 11.8. The molecule has 2 atom stereocenters. The maximum absolute atomic E-state index is 12.6. The van der Waals surface area contributed by atoms with Gasteiger partial charge in [0, 0.05) is 18.1 Å². The molecular weight excluding hydrogens is 352 g/mol. The number of hydrogen-bond acceptors (Lipinski definition) is 4. The van der Waals surface area contributed by atoms with Crippen molar-refractivity contribution in [1.29, 1.82) is 0 Å². The molecule has 2 heterocycles. The molecule has 164 valence electrons. The lowest BCUT2D eigenvalue weighted by atomic mass is 9.75. The molecule has 0 aromatic rings. The third-order valence-electron chi connectivity index (χ3n) is 6.15. The smallest absolute Gasteiger partial charge is 0.410 e. The lowest BCUT2D eigenvalue weighted by molar-refractivity contribution is -0.175. The zero-order valence-corrected chi connectivity index (χ0v) is 19.7. The predicted molar refractivity (Wildman–Crippen MR) is 114 cm³/mol. The highest BCUT2D eigenvalue weighted by Gasteiger charge is 2.44. The van der Waals surface area contributed by atoms with E-state index in [2.05, 4.69) is 41.5 Å². The second kappa shape index (κ2) is 7.79. The molecule has 2 fully saturated rings. The summed E-state index contributed by atoms with van der Waals surface area (Å²) in [5.74, 6) is 0.963. The SMILES string of the molecule is CC(C)(C)OC(=O)N1C[C@@H](CCC(N)C2CC(C)(C)OC(C)(C)C2)CC1(C)C. The number of nitrogens with zero attached hydrogens (tertiary/aromatic N) is 1. The van der Waals surface area contributed by atoms with E-state index in [0.717, 1.165) is 38.6 Å². The average Bonchev–Trinajstić information content (AvgIpc) is 2.74. The first-order chi connectivity index (χ1) is 12.5. The van der Waals surface area contributed by atoms with Crippen molar-refractivity contribution in [3.05, 3.63) is 0 Å². The van der Waals surface area contributed by atoms with E-state index in [0.29, 0.717) is 11.8 Å². The monoisotopic (exact) mass is 396 g/mol. The molecule has 5 heteroatoms. The van der Waals surface area contributed by atoms with Crippen molar-refractivity contribution in [3.63, 3.8) is 0 Å². The zero-order valence-electron chi connectivity index (χ0n) is 19.7. The Morgan fingerprint density at radius 3 is 2.14 bits per heavy atom. The Labute approximate surface area is 172 Å². The highest BCUT2D eigenvalue weighted by molar-refractivity contribution is 5.69. The minimum absolute atomic E-state index is 0.118. The predicted octanol–water partition coefficient (Wildman–Crippen LogP) is 5.11. The molecule has 2 saturated heterocycles. The highest BCUT2D eigenvalue weighted by atomic mass is 16.6. The quantitative estimate of drug-likeness (QED) is 0.717. The highest BCUT2D eigenvalue weighted by Crippen LogP contribution is 2.41. The fraction of sp³-hybridized carbons (Fsp3) is 0.957. The molecule has 0 aromatic carbocycles. The summed E-state index contributed by atoms with van der Waals surface area (Å²) >= 11 is 0. The van der Waals surface area contributed by atoms with Gasteiger partial charge in [-0.05, 0) is 106 Å². The summed E-state index contributed by atoms with van der Waals surface area (Å²) in [6.07, 6.45) is 4.89. The van der Waals surface area contributed by atoms with Gasteiger partial charge < -0.3 is 20.1 Å². The molecule has 1 unspecified atom stereocenters. The molecule has 0 bridgehead atoms. The lowest BCUT2D eigenvalue weighted by Gasteiger charge is -2.47. The van der Waals surface area contributed by atoms with Crippen molar-refractivity contribution in [3.8, 4) is 0 Å². The molecule has 0 aromatic heterocycles. The number of amides is 1. The molecule has 1 amide bonds. The summed E-state index contributed by atoms with van der Waals surface area (Å²) in [4.78, 5) is 14.5. The van der Waals surface area contributed by atoms with Gasteiger partial charge in [0.15, 0.2) is 0 Å². The van der Waals surface area contributed by atoms with E-state index in [1.807, 2.05) is 25.7 Å². The topological polar surface area (TPSA) is 64.8 Å². The Bertz CT molecular complexity index is 547. The molecule has 2 N–H and O–H groups in total. The van der Waals surface area contributed by atoms with Crippen LogP contribution in [-0.2, 0) is 9.47 Å². The van der Waals surface area contributed by atoms with Crippen LogP contribution in [0.5, 0.6) is 0 Å². The van der Waals surface area contributed by atoms with E-state index >= 15 is 0 Å². The second-order valence-electron chi connectivity index (χ2n) is 12.0. The number of carbonyl (C=O) groups is 1. The lowest BCUT2D eigenvalue weighted by Crippen LogP contribution is -2.49. The first-order valence-electron chi connectivity index (χ1n) is 11.0. The molecule has 0 radical (unpaired) electrons. The summed E-state index contributed by atoms with van der Waals surface area (Å²) in [5, 5.41) is 0. The van der Waals surface area contributed by atoms with E-state index in [1.165, 1.54) is 0 Å². The summed E-state index contributed by atoms with van der Waals surface area (Å²) in [6, 6.07) is 0.182. The van der Waals surface area contributed by atoms with Crippen molar-refractivity contribution in [2.24, 2.45) is 17.6 Å². The number of likely N-dealkylation sites (tertiary alicyclic amines) is 1. The minimum Gasteiger partial charge on any atom is -0.444 e. The molecule has 0 aliphatic carbocycles. The first-order valence-corrected chi connectivity index (χ1v) is 11.0. The van der Waals surface area contributed by atoms with Crippen LogP contribution >= 0.6 is 0 Å². The van der Waals surface area contributed by atoms with Crippen molar-refractivity contribution in [2.45, 2.75) is 123 Å². The molecule has 2 aliphatic rings. The van der Waals surface area contributed by atoms with Gasteiger partial charge in [-0.1, -0.05) is 0 Å². The Morgan fingerprint density at radius 2 is 1.64 bits per heavy atom. The number of hydrogen-bond donors (Lipinski definition) is 1. The Hall–Kier alpha value is -0.810. The largest absolute Gasteiger partial charge is 0.444 e. The van der Waals surface area contributed by atoms with Gasteiger partial charge in [0.05, 0.1) is 11.2 Å². The van der Waals surface area contributed by atoms with Crippen LogP contribution in [0.4, 0.5) is 4.79 Å². The van der Waals surface area contributed by atoms with Gasteiger partial charge in [0.2, 0.25) is 0 Å². The molecule has 0 saturated carbocycles. The van der Waals surface area contributed by atoms with Crippen LogP contribution in [0.3, 0.4) is 0 Å². The molecule has 28 heavy (non-hydrogen) atoms. The van der Waals surface area contributed by atoms with E-state index in [4.69, 9.17) is 15.2 Å². The fourth-order valence-corrected chi connectivity index (χ4v) is 5.35. The third kappa shape index (κ3) is 6.35. The van der Waals surface area contributed by atoms with Crippen molar-refractivity contribution < 1.29 is 14.3 Å². The van der Waals surface area contributed by atoms with Crippen LogP contribution < -0.4 is 5.73 Å². The average molecular weight is 397 g/mol. The second-order valence-corrected chi connectivity index (χ2v) is 12.0. The Balaban J connectivity index is 1.91. The van der Waals surface area contributed by atoms with Gasteiger partial charge >= 0.3 is 6.09 Å². The van der Waals surface area contributed by atoms with Gasteiger partial charge in [-0.15, -0.1) is 0 Å². The van der Waals surface area contributed by atoms with Crippen LogP contribution in [0.2, 0.25) is 0 Å². The molecule has 2 aliphatic heterocycles. The number of nitrogens with two attached hydrogens (primary N) is 1. The van der Waals surface area contributed by atoms with Crippen LogP contribution in [0.15, 0.2) is 0 Å². The zero-order chi connectivity index (χ0) is 21.5. The minimum atomic E-state index is -0.462. The molecule has 0 spiro atoms. The maximum atomic E-state index is 12.6. The van der Waals surface area contributed by atoms with Gasteiger partial charge in [-0.2, -0.15) is 0 Å². The van der Waals surface area contributed by atoms with Crippen molar-refractivity contribution in [2.75, 3.05) is 6.54 Å². The van der Waals surface area contributed by atoms with E-state index in [1.54, 1.807) is 0 Å². The van der Waals surface area contributed by atoms with E-state index in [-0.39, 0.29) is 28.9 Å². The van der Waals surface area contributed by atoms with E-state index in [9.17, 15) is 4.79 Å². The normalized spacial score (nSPS) is 28.2. The molecule has 5 nitrogen and oxygen atoms in total. The third-order valence-corrected chi connectivity index (χ3v) is 6.15. The Kier molecular flexibility index (Phi) is 6.53.